The van der Waals surface area contributed by atoms with Crippen LogP contribution in [0.15, 0.2) is 29.2 Å². The van der Waals surface area contributed by atoms with Crippen molar-refractivity contribution < 1.29 is 13.0 Å². The van der Waals surface area contributed by atoms with Crippen molar-refractivity contribution in [2.45, 2.75) is 24.2 Å². The molecule has 0 aromatic heterocycles. The maximum Gasteiger partial charge on any atom is 0.294 e. The molecule has 1 aromatic rings. The molecule has 3 N–H and O–H groups in total. The van der Waals surface area contributed by atoms with Gasteiger partial charge in [0.25, 0.3) is 10.1 Å². The summed E-state index contributed by atoms with van der Waals surface area (Å²) in [6.07, 6.45) is 2.82. The fourth-order valence-corrected chi connectivity index (χ4v) is 1.78. The summed E-state index contributed by atoms with van der Waals surface area (Å²) in [6, 6.07) is 6.24. The number of aryl methyl sites for hydroxylation is 1. The van der Waals surface area contributed by atoms with E-state index in [1.165, 1.54) is 12.1 Å². The van der Waals surface area contributed by atoms with Crippen LogP contribution in [-0.2, 0) is 16.5 Å². The van der Waals surface area contributed by atoms with Gasteiger partial charge >= 0.3 is 0 Å². The highest BCUT2D eigenvalue weighted by atomic mass is 32.2. The van der Waals surface area contributed by atoms with Crippen molar-refractivity contribution in [2.75, 3.05) is 6.54 Å². The molecule has 1 aromatic carbocycles. The summed E-state index contributed by atoms with van der Waals surface area (Å²) in [4.78, 5) is -0.0647. The monoisotopic (exact) mass is 229 g/mol. The van der Waals surface area contributed by atoms with Gasteiger partial charge in [0, 0.05) is 0 Å². The Labute approximate surface area is 89.9 Å². The number of hydrogen-bond donors (Lipinski definition) is 2. The first kappa shape index (κ1) is 12.2. The first-order valence-corrected chi connectivity index (χ1v) is 6.24. The average Bonchev–Trinajstić information content (AvgIpc) is 2.18. The fourth-order valence-electron chi connectivity index (χ4n) is 1.30. The lowest BCUT2D eigenvalue weighted by Crippen LogP contribution is -2.00. The quantitative estimate of drug-likeness (QED) is 0.587. The van der Waals surface area contributed by atoms with Crippen molar-refractivity contribution in [3.8, 4) is 0 Å². The maximum absolute atomic E-state index is 10.7. The van der Waals surface area contributed by atoms with E-state index in [1.54, 1.807) is 12.1 Å². The van der Waals surface area contributed by atoms with Gasteiger partial charge in [-0.2, -0.15) is 8.42 Å². The third-order valence-electron chi connectivity index (χ3n) is 2.14. The van der Waals surface area contributed by atoms with Gasteiger partial charge in [-0.3, -0.25) is 4.55 Å². The van der Waals surface area contributed by atoms with Gasteiger partial charge in [-0.1, -0.05) is 12.1 Å². The number of unbranched alkanes of at least 4 members (excludes halogenated alkanes) is 1. The van der Waals surface area contributed by atoms with Crippen LogP contribution in [0.4, 0.5) is 0 Å². The van der Waals surface area contributed by atoms with E-state index in [-0.39, 0.29) is 4.90 Å². The first-order valence-electron chi connectivity index (χ1n) is 4.80. The summed E-state index contributed by atoms with van der Waals surface area (Å²) in [7, 11) is -4.06. The Morgan fingerprint density at radius 3 is 2.20 bits per heavy atom. The van der Waals surface area contributed by atoms with Crippen LogP contribution in [0.3, 0.4) is 0 Å². The van der Waals surface area contributed by atoms with Crippen LogP contribution < -0.4 is 5.73 Å². The zero-order valence-electron chi connectivity index (χ0n) is 8.39. The van der Waals surface area contributed by atoms with E-state index in [1.807, 2.05) is 0 Å². The lowest BCUT2D eigenvalue weighted by Gasteiger charge is -2.01. The Hall–Kier alpha value is -0.910. The average molecular weight is 229 g/mol. The van der Waals surface area contributed by atoms with Crippen molar-refractivity contribution in [1.82, 2.24) is 0 Å². The summed E-state index contributed by atoms with van der Waals surface area (Å²) >= 11 is 0. The van der Waals surface area contributed by atoms with E-state index in [0.29, 0.717) is 6.54 Å². The Balaban J connectivity index is 2.65. The largest absolute Gasteiger partial charge is 0.330 e. The molecule has 0 aliphatic carbocycles. The summed E-state index contributed by atoms with van der Waals surface area (Å²) < 4.78 is 30.2. The molecule has 0 aliphatic rings. The molecule has 4 nitrogen and oxygen atoms in total. The molecular formula is C10H15NO3S. The molecule has 0 spiro atoms. The predicted octanol–water partition coefficient (Wildman–Crippen LogP) is 1.21. The van der Waals surface area contributed by atoms with Crippen LogP contribution in [0.1, 0.15) is 18.4 Å². The van der Waals surface area contributed by atoms with Gasteiger partial charge < -0.3 is 5.73 Å². The number of benzene rings is 1. The molecule has 0 saturated heterocycles. The van der Waals surface area contributed by atoms with Gasteiger partial charge in [0.05, 0.1) is 4.90 Å². The van der Waals surface area contributed by atoms with E-state index in [4.69, 9.17) is 10.3 Å². The minimum Gasteiger partial charge on any atom is -0.330 e. The molecule has 0 fully saturated rings. The van der Waals surface area contributed by atoms with Crippen molar-refractivity contribution in [2.24, 2.45) is 5.73 Å². The van der Waals surface area contributed by atoms with Gasteiger partial charge in [0.1, 0.15) is 0 Å². The van der Waals surface area contributed by atoms with E-state index in [0.717, 1.165) is 24.8 Å². The first-order chi connectivity index (χ1) is 7.04. The van der Waals surface area contributed by atoms with Gasteiger partial charge in [-0.15, -0.1) is 0 Å². The second-order valence-corrected chi connectivity index (χ2v) is 4.79. The third-order valence-corrected chi connectivity index (χ3v) is 3.01. The highest BCUT2D eigenvalue weighted by Crippen LogP contribution is 2.11. The van der Waals surface area contributed by atoms with E-state index in [9.17, 15) is 8.42 Å². The van der Waals surface area contributed by atoms with Crippen molar-refractivity contribution in [3.05, 3.63) is 29.8 Å². The van der Waals surface area contributed by atoms with Gasteiger partial charge in [-0.05, 0) is 43.5 Å². The van der Waals surface area contributed by atoms with Gasteiger partial charge in [0.2, 0.25) is 0 Å². The second kappa shape index (κ2) is 5.25. The van der Waals surface area contributed by atoms with Crippen LogP contribution >= 0.6 is 0 Å². The minimum atomic E-state index is -4.06. The van der Waals surface area contributed by atoms with E-state index < -0.39 is 10.1 Å². The predicted molar refractivity (Wildman–Crippen MR) is 58.2 cm³/mol. The summed E-state index contributed by atoms with van der Waals surface area (Å²) in [5.74, 6) is 0. The normalized spacial score (nSPS) is 11.6. The topological polar surface area (TPSA) is 80.4 Å². The maximum atomic E-state index is 10.7. The molecule has 0 amide bonds. The fraction of sp³-hybridized carbons (Fsp3) is 0.400. The van der Waals surface area contributed by atoms with Crippen molar-refractivity contribution in [1.29, 1.82) is 0 Å². The van der Waals surface area contributed by atoms with Crippen LogP contribution in [0.25, 0.3) is 0 Å². The minimum absolute atomic E-state index is 0.0647. The molecule has 15 heavy (non-hydrogen) atoms. The molecular weight excluding hydrogens is 214 g/mol. The lowest BCUT2D eigenvalue weighted by molar-refractivity contribution is 0.483. The van der Waals surface area contributed by atoms with Crippen LogP contribution in [0, 0.1) is 0 Å². The molecule has 0 bridgehead atoms. The molecule has 5 heteroatoms. The molecule has 0 aliphatic heterocycles. The number of nitrogens with two attached hydrogens (primary N) is 1. The van der Waals surface area contributed by atoms with Crippen molar-refractivity contribution >= 4 is 10.1 Å². The Morgan fingerprint density at radius 1 is 1.13 bits per heavy atom. The molecule has 0 unspecified atom stereocenters. The second-order valence-electron chi connectivity index (χ2n) is 3.36. The molecule has 0 saturated carbocycles. The molecule has 0 heterocycles. The van der Waals surface area contributed by atoms with E-state index in [2.05, 4.69) is 0 Å². The highest BCUT2D eigenvalue weighted by Gasteiger charge is 2.07. The van der Waals surface area contributed by atoms with E-state index >= 15 is 0 Å². The molecule has 84 valence electrons. The Kier molecular flexibility index (Phi) is 4.26. The number of rotatable bonds is 5. The lowest BCUT2D eigenvalue weighted by atomic mass is 10.1. The zero-order chi connectivity index (χ0) is 11.3. The zero-order valence-corrected chi connectivity index (χ0v) is 9.20. The van der Waals surface area contributed by atoms with Crippen LogP contribution in [0.2, 0.25) is 0 Å². The number of hydrogen-bond acceptors (Lipinski definition) is 3. The molecule has 0 atom stereocenters. The Bertz CT molecular complexity index is 397. The molecule has 0 radical (unpaired) electrons. The third kappa shape index (κ3) is 3.99. The smallest absolute Gasteiger partial charge is 0.294 e. The Morgan fingerprint density at radius 2 is 1.73 bits per heavy atom. The van der Waals surface area contributed by atoms with Crippen molar-refractivity contribution in [3.63, 3.8) is 0 Å². The molecule has 1 rings (SSSR count). The van der Waals surface area contributed by atoms with Crippen LogP contribution in [-0.4, -0.2) is 19.5 Å². The SMILES string of the molecule is NCCCCc1ccc(S(=O)(=O)O)cc1. The standard InChI is InChI=1S/C10H15NO3S/c11-8-2-1-3-9-4-6-10(7-5-9)15(12,13)14/h4-7H,1-3,8,11H2,(H,12,13,14). The summed E-state index contributed by atoms with van der Waals surface area (Å²) in [5.41, 5.74) is 6.41. The highest BCUT2D eigenvalue weighted by molar-refractivity contribution is 7.85. The van der Waals surface area contributed by atoms with Crippen LogP contribution in [0.5, 0.6) is 0 Å². The van der Waals surface area contributed by atoms with Gasteiger partial charge in [-0.25, -0.2) is 0 Å². The summed E-state index contributed by atoms with van der Waals surface area (Å²) in [5, 5.41) is 0. The van der Waals surface area contributed by atoms with Gasteiger partial charge in [0.15, 0.2) is 0 Å². The summed E-state index contributed by atoms with van der Waals surface area (Å²) in [6.45, 7) is 0.670.